The van der Waals surface area contributed by atoms with Gasteiger partial charge in [0.05, 0.1) is 18.9 Å². The van der Waals surface area contributed by atoms with E-state index < -0.39 is 5.97 Å². The van der Waals surface area contributed by atoms with E-state index in [4.69, 9.17) is 9.84 Å². The first-order valence-electron chi connectivity index (χ1n) is 7.32. The number of carbonyl (C=O) groups excluding carboxylic acids is 2. The van der Waals surface area contributed by atoms with Crippen molar-refractivity contribution >= 4 is 18.0 Å². The number of carboxylic acid groups (broad SMARTS) is 1. The standard InChI is InChI=1S/C14H24N2O5/c1-10(2)21-13(19)8-11-4-3-7-16(9-11)14(20)15-6-5-12(17)18/h10-11H,3-9H2,1-2H3,(H,15,20)(H,17,18). The maximum Gasteiger partial charge on any atom is 0.317 e. The number of amides is 2. The van der Waals surface area contributed by atoms with Gasteiger partial charge in [0.15, 0.2) is 0 Å². The van der Waals surface area contributed by atoms with Crippen molar-refractivity contribution in [1.29, 1.82) is 0 Å². The van der Waals surface area contributed by atoms with Crippen molar-refractivity contribution in [3.63, 3.8) is 0 Å². The monoisotopic (exact) mass is 300 g/mol. The van der Waals surface area contributed by atoms with Crippen LogP contribution < -0.4 is 5.32 Å². The largest absolute Gasteiger partial charge is 0.481 e. The van der Waals surface area contributed by atoms with E-state index >= 15 is 0 Å². The number of esters is 1. The molecule has 1 atom stereocenters. The number of rotatable bonds is 6. The molecule has 1 fully saturated rings. The molecule has 1 heterocycles. The molecule has 2 N–H and O–H groups in total. The van der Waals surface area contributed by atoms with Crippen LogP contribution in [0.3, 0.4) is 0 Å². The molecule has 0 aromatic heterocycles. The summed E-state index contributed by atoms with van der Waals surface area (Å²) >= 11 is 0. The SMILES string of the molecule is CC(C)OC(=O)CC1CCCN(C(=O)NCCC(=O)O)C1. The highest BCUT2D eigenvalue weighted by Crippen LogP contribution is 2.20. The molecular weight excluding hydrogens is 276 g/mol. The molecule has 0 bridgehead atoms. The molecule has 1 aliphatic rings. The number of urea groups is 1. The van der Waals surface area contributed by atoms with Crippen LogP contribution in [0.4, 0.5) is 4.79 Å². The summed E-state index contributed by atoms with van der Waals surface area (Å²) in [5.41, 5.74) is 0. The number of nitrogens with zero attached hydrogens (tertiary/aromatic N) is 1. The van der Waals surface area contributed by atoms with E-state index in [1.54, 1.807) is 18.7 Å². The summed E-state index contributed by atoms with van der Waals surface area (Å²) in [5.74, 6) is -1.07. The van der Waals surface area contributed by atoms with Gasteiger partial charge >= 0.3 is 18.0 Å². The van der Waals surface area contributed by atoms with Gasteiger partial charge in [-0.25, -0.2) is 4.79 Å². The smallest absolute Gasteiger partial charge is 0.317 e. The van der Waals surface area contributed by atoms with E-state index in [2.05, 4.69) is 5.32 Å². The van der Waals surface area contributed by atoms with Gasteiger partial charge in [-0.15, -0.1) is 0 Å². The second-order valence-electron chi connectivity index (χ2n) is 5.57. The Kier molecular flexibility index (Phi) is 6.98. The van der Waals surface area contributed by atoms with Crippen molar-refractivity contribution in [2.75, 3.05) is 19.6 Å². The van der Waals surface area contributed by atoms with Crippen molar-refractivity contribution in [3.8, 4) is 0 Å². The van der Waals surface area contributed by atoms with Crippen LogP contribution in [-0.2, 0) is 14.3 Å². The van der Waals surface area contributed by atoms with E-state index in [9.17, 15) is 14.4 Å². The Bertz CT molecular complexity index is 384. The number of piperidine rings is 1. The number of carbonyl (C=O) groups is 3. The molecule has 7 nitrogen and oxygen atoms in total. The summed E-state index contributed by atoms with van der Waals surface area (Å²) in [6, 6.07) is -0.266. The van der Waals surface area contributed by atoms with Crippen LogP contribution in [0.15, 0.2) is 0 Å². The van der Waals surface area contributed by atoms with Gasteiger partial charge in [0, 0.05) is 19.6 Å². The zero-order valence-electron chi connectivity index (χ0n) is 12.6. The van der Waals surface area contributed by atoms with Crippen LogP contribution in [0.1, 0.15) is 39.5 Å². The fourth-order valence-corrected chi connectivity index (χ4v) is 2.35. The predicted octanol–water partition coefficient (Wildman–Crippen LogP) is 1.22. The predicted molar refractivity (Wildman–Crippen MR) is 75.8 cm³/mol. The van der Waals surface area contributed by atoms with Crippen LogP contribution in [-0.4, -0.2) is 53.7 Å². The van der Waals surface area contributed by atoms with Crippen LogP contribution in [0.2, 0.25) is 0 Å². The number of nitrogens with one attached hydrogen (secondary N) is 1. The number of carboxylic acids is 1. The lowest BCUT2D eigenvalue weighted by Crippen LogP contribution is -2.46. The number of hydrogen-bond acceptors (Lipinski definition) is 4. The Morgan fingerprint density at radius 1 is 1.38 bits per heavy atom. The van der Waals surface area contributed by atoms with E-state index in [-0.39, 0.29) is 37.0 Å². The van der Waals surface area contributed by atoms with Gasteiger partial charge in [-0.05, 0) is 32.6 Å². The van der Waals surface area contributed by atoms with Crippen molar-refractivity contribution in [2.45, 2.75) is 45.6 Å². The molecule has 0 aliphatic carbocycles. The highest BCUT2D eigenvalue weighted by molar-refractivity contribution is 5.75. The van der Waals surface area contributed by atoms with Crippen molar-refractivity contribution < 1.29 is 24.2 Å². The Morgan fingerprint density at radius 3 is 2.71 bits per heavy atom. The summed E-state index contributed by atoms with van der Waals surface area (Å²) in [6.45, 7) is 4.87. The van der Waals surface area contributed by atoms with Gasteiger partial charge in [-0.2, -0.15) is 0 Å². The summed E-state index contributed by atoms with van der Waals surface area (Å²) in [7, 11) is 0. The minimum absolute atomic E-state index is 0.0935. The van der Waals surface area contributed by atoms with Gasteiger partial charge in [0.1, 0.15) is 0 Å². The third-order valence-electron chi connectivity index (χ3n) is 3.24. The molecule has 7 heteroatoms. The highest BCUT2D eigenvalue weighted by Gasteiger charge is 2.25. The molecular formula is C14H24N2O5. The van der Waals surface area contributed by atoms with E-state index in [1.165, 1.54) is 0 Å². The second kappa shape index (κ2) is 8.49. The summed E-state index contributed by atoms with van der Waals surface area (Å²) in [4.78, 5) is 35.6. The molecule has 1 aliphatic heterocycles. The lowest BCUT2D eigenvalue weighted by molar-refractivity contribution is -0.149. The molecule has 0 radical (unpaired) electrons. The molecule has 0 spiro atoms. The molecule has 2 amide bonds. The van der Waals surface area contributed by atoms with Crippen LogP contribution >= 0.6 is 0 Å². The molecule has 0 saturated carbocycles. The minimum atomic E-state index is -0.941. The number of ether oxygens (including phenoxy) is 1. The Labute approximate surface area is 124 Å². The quantitative estimate of drug-likeness (QED) is 0.719. The maximum atomic E-state index is 11.9. The maximum absolute atomic E-state index is 11.9. The molecule has 0 aromatic rings. The first-order valence-corrected chi connectivity index (χ1v) is 7.32. The van der Waals surface area contributed by atoms with Gasteiger partial charge in [-0.1, -0.05) is 0 Å². The lowest BCUT2D eigenvalue weighted by Gasteiger charge is -2.32. The molecule has 1 rings (SSSR count). The first kappa shape index (κ1) is 17.3. The zero-order valence-corrected chi connectivity index (χ0v) is 12.6. The van der Waals surface area contributed by atoms with Crippen molar-refractivity contribution in [1.82, 2.24) is 10.2 Å². The first-order chi connectivity index (χ1) is 9.88. The van der Waals surface area contributed by atoms with Gasteiger partial charge < -0.3 is 20.1 Å². The molecule has 21 heavy (non-hydrogen) atoms. The average molecular weight is 300 g/mol. The zero-order chi connectivity index (χ0) is 15.8. The van der Waals surface area contributed by atoms with Crippen LogP contribution in [0.5, 0.6) is 0 Å². The third-order valence-corrected chi connectivity index (χ3v) is 3.24. The molecule has 1 unspecified atom stereocenters. The number of likely N-dealkylation sites (tertiary alicyclic amines) is 1. The lowest BCUT2D eigenvalue weighted by atomic mass is 9.95. The Morgan fingerprint density at radius 2 is 2.10 bits per heavy atom. The highest BCUT2D eigenvalue weighted by atomic mass is 16.5. The topological polar surface area (TPSA) is 95.9 Å². The normalized spacial score (nSPS) is 18.4. The fourth-order valence-electron chi connectivity index (χ4n) is 2.35. The Hall–Kier alpha value is -1.79. The van der Waals surface area contributed by atoms with Crippen LogP contribution in [0.25, 0.3) is 0 Å². The fraction of sp³-hybridized carbons (Fsp3) is 0.786. The van der Waals surface area contributed by atoms with Gasteiger partial charge in [0.2, 0.25) is 0 Å². The van der Waals surface area contributed by atoms with Crippen molar-refractivity contribution in [2.24, 2.45) is 5.92 Å². The summed E-state index contributed by atoms with van der Waals surface area (Å²) in [5, 5.41) is 11.1. The second-order valence-corrected chi connectivity index (χ2v) is 5.57. The molecule has 1 saturated heterocycles. The minimum Gasteiger partial charge on any atom is -0.481 e. The van der Waals surface area contributed by atoms with Crippen molar-refractivity contribution in [3.05, 3.63) is 0 Å². The number of hydrogen-bond donors (Lipinski definition) is 2. The Balaban J connectivity index is 2.35. The molecule has 0 aromatic carbocycles. The van der Waals surface area contributed by atoms with Crippen LogP contribution in [0, 0.1) is 5.92 Å². The summed E-state index contributed by atoms with van der Waals surface area (Å²) in [6.07, 6.45) is 1.83. The van der Waals surface area contributed by atoms with E-state index in [0.29, 0.717) is 19.5 Å². The average Bonchev–Trinajstić information content (AvgIpc) is 2.37. The van der Waals surface area contributed by atoms with E-state index in [1.807, 2.05) is 0 Å². The third kappa shape index (κ3) is 6.97. The molecule has 120 valence electrons. The summed E-state index contributed by atoms with van der Waals surface area (Å²) < 4.78 is 5.12. The number of aliphatic carboxylic acids is 1. The van der Waals surface area contributed by atoms with Gasteiger partial charge in [-0.3, -0.25) is 9.59 Å². The van der Waals surface area contributed by atoms with Gasteiger partial charge in [0.25, 0.3) is 0 Å². The van der Waals surface area contributed by atoms with E-state index in [0.717, 1.165) is 12.8 Å².